The average Bonchev–Trinajstić information content (AvgIpc) is 2.25. The second-order valence-corrected chi connectivity index (χ2v) is 6.03. The summed E-state index contributed by atoms with van der Waals surface area (Å²) in [6, 6.07) is 2.48. The Morgan fingerprint density at radius 1 is 1.44 bits per heavy atom. The molecule has 1 N–H and O–H groups in total. The van der Waals surface area contributed by atoms with Gasteiger partial charge in [0.2, 0.25) is 0 Å². The second-order valence-electron chi connectivity index (χ2n) is 4.01. The molecule has 0 saturated heterocycles. The molecular weight excluding hydrogens is 261 g/mol. The van der Waals surface area contributed by atoms with E-state index in [0.29, 0.717) is 0 Å². The summed E-state index contributed by atoms with van der Waals surface area (Å²) < 4.78 is 36.2. The van der Waals surface area contributed by atoms with Gasteiger partial charge in [-0.2, -0.15) is 0 Å². The van der Waals surface area contributed by atoms with Crippen LogP contribution in [0.2, 0.25) is 0 Å². The van der Waals surface area contributed by atoms with Crippen LogP contribution in [0.3, 0.4) is 0 Å². The molecule has 7 heteroatoms. The van der Waals surface area contributed by atoms with Gasteiger partial charge in [0.05, 0.1) is 10.6 Å². The fourth-order valence-electron chi connectivity index (χ4n) is 1.38. The van der Waals surface area contributed by atoms with Gasteiger partial charge in [-0.05, 0) is 25.1 Å². The van der Waals surface area contributed by atoms with Gasteiger partial charge in [-0.1, -0.05) is 0 Å². The first-order chi connectivity index (χ1) is 8.14. The molecule has 18 heavy (non-hydrogen) atoms. The molecule has 100 valence electrons. The highest BCUT2D eigenvalue weighted by Crippen LogP contribution is 2.23. The Kier molecular flexibility index (Phi) is 3.95. The van der Waals surface area contributed by atoms with Crippen LogP contribution in [0.25, 0.3) is 0 Å². The number of hydrogen-bond donors (Lipinski definition) is 1. The summed E-state index contributed by atoms with van der Waals surface area (Å²) in [5, 5.41) is 8.83. The SMILES string of the molecule is CC(C(=O)O)N(C)c1ccc(S(C)(=O)=O)cc1F. The Labute approximate surface area is 105 Å². The third-order valence-electron chi connectivity index (χ3n) is 2.67. The third kappa shape index (κ3) is 2.98. The maximum atomic E-state index is 13.8. The molecule has 5 nitrogen and oxygen atoms in total. The van der Waals surface area contributed by atoms with E-state index in [-0.39, 0.29) is 10.6 Å². The Morgan fingerprint density at radius 2 is 2.00 bits per heavy atom. The zero-order valence-electron chi connectivity index (χ0n) is 10.2. The second kappa shape index (κ2) is 4.93. The molecule has 0 bridgehead atoms. The van der Waals surface area contributed by atoms with Crippen molar-refractivity contribution in [1.82, 2.24) is 0 Å². The Bertz CT molecular complexity index is 570. The van der Waals surface area contributed by atoms with Crippen molar-refractivity contribution in [3.63, 3.8) is 0 Å². The number of halogens is 1. The quantitative estimate of drug-likeness (QED) is 0.891. The highest BCUT2D eigenvalue weighted by Gasteiger charge is 2.21. The first-order valence-electron chi connectivity index (χ1n) is 5.10. The number of benzene rings is 1. The number of likely N-dealkylation sites (N-methyl/N-ethyl adjacent to an activating group) is 1. The summed E-state index contributed by atoms with van der Waals surface area (Å²) in [5.74, 6) is -1.86. The molecule has 1 unspecified atom stereocenters. The van der Waals surface area contributed by atoms with E-state index in [1.54, 1.807) is 0 Å². The van der Waals surface area contributed by atoms with Gasteiger partial charge in [0.25, 0.3) is 0 Å². The van der Waals surface area contributed by atoms with Gasteiger partial charge >= 0.3 is 5.97 Å². The third-order valence-corrected chi connectivity index (χ3v) is 3.78. The first kappa shape index (κ1) is 14.4. The van der Waals surface area contributed by atoms with E-state index < -0.39 is 27.7 Å². The standard InChI is InChI=1S/C11H14FNO4S/c1-7(11(14)15)13(2)10-5-4-8(6-9(10)12)18(3,16)17/h4-7H,1-3H3,(H,14,15). The first-order valence-corrected chi connectivity index (χ1v) is 6.99. The van der Waals surface area contributed by atoms with Gasteiger partial charge in [0, 0.05) is 13.3 Å². The van der Waals surface area contributed by atoms with Crippen LogP contribution in [-0.4, -0.2) is 38.8 Å². The summed E-state index contributed by atoms with van der Waals surface area (Å²) in [5.41, 5.74) is 0.0392. The zero-order valence-corrected chi connectivity index (χ0v) is 11.0. The molecule has 0 heterocycles. The molecule has 0 saturated carbocycles. The highest BCUT2D eigenvalue weighted by atomic mass is 32.2. The summed E-state index contributed by atoms with van der Waals surface area (Å²) in [6.07, 6.45) is 0.977. The van der Waals surface area contributed by atoms with Crippen molar-refractivity contribution in [3.8, 4) is 0 Å². The van der Waals surface area contributed by atoms with E-state index in [0.717, 1.165) is 12.3 Å². The van der Waals surface area contributed by atoms with Gasteiger partial charge in [-0.25, -0.2) is 17.6 Å². The number of anilines is 1. The Morgan fingerprint density at radius 3 is 2.39 bits per heavy atom. The van der Waals surface area contributed by atoms with Crippen LogP contribution in [0.15, 0.2) is 23.1 Å². The summed E-state index contributed by atoms with van der Waals surface area (Å²) in [6.45, 7) is 1.41. The van der Waals surface area contributed by atoms with E-state index in [1.165, 1.54) is 31.0 Å². The number of hydrogen-bond acceptors (Lipinski definition) is 4. The Hall–Kier alpha value is -1.63. The van der Waals surface area contributed by atoms with E-state index in [1.807, 2.05) is 0 Å². The van der Waals surface area contributed by atoms with Crippen LogP contribution in [0.1, 0.15) is 6.92 Å². The Balaban J connectivity index is 3.18. The molecule has 1 aromatic carbocycles. The van der Waals surface area contributed by atoms with E-state index >= 15 is 0 Å². The molecule has 0 aliphatic carbocycles. The molecule has 0 spiro atoms. The lowest BCUT2D eigenvalue weighted by molar-refractivity contribution is -0.138. The minimum atomic E-state index is -3.48. The van der Waals surface area contributed by atoms with Crippen molar-refractivity contribution in [3.05, 3.63) is 24.0 Å². The lowest BCUT2D eigenvalue weighted by Crippen LogP contribution is -2.36. The predicted molar refractivity (Wildman–Crippen MR) is 65.0 cm³/mol. The lowest BCUT2D eigenvalue weighted by atomic mass is 10.2. The van der Waals surface area contributed by atoms with Crippen LogP contribution in [0.5, 0.6) is 0 Å². The molecule has 1 rings (SSSR count). The van der Waals surface area contributed by atoms with Crippen LogP contribution < -0.4 is 4.90 Å². The van der Waals surface area contributed by atoms with Gasteiger partial charge in [0.15, 0.2) is 9.84 Å². The number of nitrogens with zero attached hydrogens (tertiary/aromatic N) is 1. The van der Waals surface area contributed by atoms with Gasteiger partial charge in [0.1, 0.15) is 11.9 Å². The number of aliphatic carboxylic acids is 1. The van der Waals surface area contributed by atoms with Gasteiger partial charge in [-0.15, -0.1) is 0 Å². The minimum Gasteiger partial charge on any atom is -0.480 e. The number of rotatable bonds is 4. The normalized spacial score (nSPS) is 13.1. The number of carboxylic acid groups (broad SMARTS) is 1. The lowest BCUT2D eigenvalue weighted by Gasteiger charge is -2.24. The van der Waals surface area contributed by atoms with E-state index in [2.05, 4.69) is 0 Å². The van der Waals surface area contributed by atoms with Crippen LogP contribution in [-0.2, 0) is 14.6 Å². The van der Waals surface area contributed by atoms with Crippen molar-refractivity contribution in [2.75, 3.05) is 18.2 Å². The number of sulfone groups is 1. The van der Waals surface area contributed by atoms with Crippen molar-refractivity contribution in [1.29, 1.82) is 0 Å². The predicted octanol–water partition coefficient (Wildman–Crippen LogP) is 1.14. The van der Waals surface area contributed by atoms with Crippen molar-refractivity contribution in [2.45, 2.75) is 17.9 Å². The molecular formula is C11H14FNO4S. The summed E-state index contributed by atoms with van der Waals surface area (Å²) in [4.78, 5) is 11.9. The molecule has 1 aromatic rings. The fraction of sp³-hybridized carbons (Fsp3) is 0.364. The molecule has 0 fully saturated rings. The zero-order chi connectivity index (χ0) is 14.1. The fourth-order valence-corrected chi connectivity index (χ4v) is 2.01. The maximum Gasteiger partial charge on any atom is 0.326 e. The topological polar surface area (TPSA) is 74.7 Å². The van der Waals surface area contributed by atoms with Crippen LogP contribution in [0.4, 0.5) is 10.1 Å². The van der Waals surface area contributed by atoms with Crippen LogP contribution in [0, 0.1) is 5.82 Å². The van der Waals surface area contributed by atoms with Crippen molar-refractivity contribution < 1.29 is 22.7 Å². The smallest absolute Gasteiger partial charge is 0.326 e. The van der Waals surface area contributed by atoms with Gasteiger partial charge < -0.3 is 10.0 Å². The van der Waals surface area contributed by atoms with E-state index in [4.69, 9.17) is 5.11 Å². The monoisotopic (exact) mass is 275 g/mol. The van der Waals surface area contributed by atoms with Crippen LogP contribution >= 0.6 is 0 Å². The highest BCUT2D eigenvalue weighted by molar-refractivity contribution is 7.90. The molecule has 0 amide bonds. The van der Waals surface area contributed by atoms with Crippen molar-refractivity contribution >= 4 is 21.5 Å². The molecule has 0 radical (unpaired) electrons. The molecule has 0 aromatic heterocycles. The van der Waals surface area contributed by atoms with E-state index in [9.17, 15) is 17.6 Å². The van der Waals surface area contributed by atoms with Crippen molar-refractivity contribution in [2.24, 2.45) is 0 Å². The maximum absolute atomic E-state index is 13.8. The minimum absolute atomic E-state index is 0.0392. The molecule has 1 atom stereocenters. The summed E-state index contributed by atoms with van der Waals surface area (Å²) >= 11 is 0. The average molecular weight is 275 g/mol. The number of carbonyl (C=O) groups is 1. The molecule has 0 aliphatic rings. The van der Waals surface area contributed by atoms with Gasteiger partial charge in [-0.3, -0.25) is 0 Å². The molecule has 0 aliphatic heterocycles. The largest absolute Gasteiger partial charge is 0.480 e. The summed E-state index contributed by atoms with van der Waals surface area (Å²) in [7, 11) is -2.05. The number of carboxylic acids is 1.